The van der Waals surface area contributed by atoms with Gasteiger partial charge in [0, 0.05) is 17.8 Å². The van der Waals surface area contributed by atoms with Crippen LogP contribution in [0.1, 0.15) is 31.8 Å². The summed E-state index contributed by atoms with van der Waals surface area (Å²) < 4.78 is 56.9. The second kappa shape index (κ2) is 11.0. The highest BCUT2D eigenvalue weighted by molar-refractivity contribution is 6.05. The van der Waals surface area contributed by atoms with Gasteiger partial charge >= 0.3 is 6.18 Å². The Labute approximate surface area is 198 Å². The minimum Gasteiger partial charge on any atom is -0.491 e. The van der Waals surface area contributed by atoms with Crippen molar-refractivity contribution in [1.82, 2.24) is 5.32 Å². The van der Waals surface area contributed by atoms with E-state index in [1.165, 1.54) is 30.3 Å². The Morgan fingerprint density at radius 3 is 2.34 bits per heavy atom. The number of nitrogens with one attached hydrogen (secondary N) is 2. The van der Waals surface area contributed by atoms with Gasteiger partial charge in [-0.25, -0.2) is 4.39 Å². The van der Waals surface area contributed by atoms with E-state index >= 15 is 0 Å². The van der Waals surface area contributed by atoms with E-state index in [0.717, 1.165) is 30.3 Å². The second-order valence-corrected chi connectivity index (χ2v) is 7.66. The minimum absolute atomic E-state index is 0.136. The Morgan fingerprint density at radius 2 is 1.69 bits per heavy atom. The van der Waals surface area contributed by atoms with Gasteiger partial charge in [0.1, 0.15) is 24.3 Å². The van der Waals surface area contributed by atoms with Crippen LogP contribution >= 0.6 is 0 Å². The van der Waals surface area contributed by atoms with Crippen LogP contribution < -0.4 is 15.4 Å². The highest BCUT2D eigenvalue weighted by Gasteiger charge is 2.30. The molecule has 0 saturated carbocycles. The smallest absolute Gasteiger partial charge is 0.416 e. The second-order valence-electron chi connectivity index (χ2n) is 7.66. The molecular weight excluding hydrogens is 468 g/mol. The van der Waals surface area contributed by atoms with Crippen LogP contribution in [0, 0.1) is 12.7 Å². The lowest BCUT2D eigenvalue weighted by atomic mass is 10.1. The number of halogens is 4. The van der Waals surface area contributed by atoms with Crippen molar-refractivity contribution in [2.75, 3.05) is 18.5 Å². The van der Waals surface area contributed by atoms with Crippen molar-refractivity contribution >= 4 is 17.5 Å². The molecule has 3 aromatic rings. The standard InChI is InChI=1S/C25H22F4N2O4/c1-15-6-7-16(12-22(15)31-24(34)20-4-2-3-5-21(20)26)23(33)30-13-18(32)14-35-19-10-8-17(9-11-19)25(27,28)29/h2-12,18,32H,13-14H2,1H3,(H,30,33)(H,31,34). The summed E-state index contributed by atoms with van der Waals surface area (Å²) in [6.07, 6.45) is -5.59. The molecule has 10 heteroatoms. The highest BCUT2D eigenvalue weighted by atomic mass is 19.4. The van der Waals surface area contributed by atoms with Gasteiger partial charge in [-0.05, 0) is 61.0 Å². The zero-order valence-electron chi connectivity index (χ0n) is 18.5. The quantitative estimate of drug-likeness (QED) is 0.404. The average Bonchev–Trinajstić information content (AvgIpc) is 2.82. The number of aliphatic hydroxyl groups is 1. The molecule has 0 saturated heterocycles. The lowest BCUT2D eigenvalue weighted by Gasteiger charge is -2.15. The molecule has 0 radical (unpaired) electrons. The van der Waals surface area contributed by atoms with Gasteiger partial charge < -0.3 is 20.5 Å². The first-order valence-electron chi connectivity index (χ1n) is 10.5. The number of aliphatic hydroxyl groups excluding tert-OH is 1. The molecule has 0 aliphatic heterocycles. The predicted molar refractivity (Wildman–Crippen MR) is 121 cm³/mol. The first-order valence-corrected chi connectivity index (χ1v) is 10.5. The molecule has 0 aliphatic carbocycles. The van der Waals surface area contributed by atoms with Crippen LogP contribution in [0.4, 0.5) is 23.2 Å². The molecule has 1 atom stereocenters. The zero-order valence-corrected chi connectivity index (χ0v) is 18.5. The van der Waals surface area contributed by atoms with Gasteiger partial charge in [0.05, 0.1) is 11.1 Å². The summed E-state index contributed by atoms with van der Waals surface area (Å²) in [5.41, 5.74) is 0.196. The molecule has 1 unspecified atom stereocenters. The molecule has 0 aromatic heterocycles. The number of amides is 2. The summed E-state index contributed by atoms with van der Waals surface area (Å²) in [6.45, 7) is 1.26. The van der Waals surface area contributed by atoms with Crippen molar-refractivity contribution in [3.8, 4) is 5.75 Å². The third kappa shape index (κ3) is 7.03. The molecule has 2 amide bonds. The SMILES string of the molecule is Cc1ccc(C(=O)NCC(O)COc2ccc(C(F)(F)F)cc2)cc1NC(=O)c1ccccc1F. The van der Waals surface area contributed by atoms with Crippen molar-refractivity contribution in [2.24, 2.45) is 0 Å². The molecule has 0 fully saturated rings. The van der Waals surface area contributed by atoms with Crippen molar-refractivity contribution in [3.05, 3.63) is 94.8 Å². The number of benzene rings is 3. The topological polar surface area (TPSA) is 87.7 Å². The van der Waals surface area contributed by atoms with Crippen LogP contribution in [0.3, 0.4) is 0 Å². The number of carbonyl (C=O) groups is 2. The van der Waals surface area contributed by atoms with E-state index < -0.39 is 35.5 Å². The Hall–Kier alpha value is -3.92. The first-order chi connectivity index (χ1) is 16.5. The molecule has 3 rings (SSSR count). The Balaban J connectivity index is 1.54. The van der Waals surface area contributed by atoms with Gasteiger partial charge in [0.15, 0.2) is 0 Å². The maximum Gasteiger partial charge on any atom is 0.416 e. The number of ether oxygens (including phenoxy) is 1. The lowest BCUT2D eigenvalue weighted by molar-refractivity contribution is -0.137. The molecule has 35 heavy (non-hydrogen) atoms. The predicted octanol–water partition coefficient (Wildman–Crippen LogP) is 4.57. The molecule has 0 heterocycles. The van der Waals surface area contributed by atoms with Crippen molar-refractivity contribution in [3.63, 3.8) is 0 Å². The molecule has 0 bridgehead atoms. The van der Waals surface area contributed by atoms with E-state index in [1.807, 2.05) is 0 Å². The Morgan fingerprint density at radius 1 is 1.00 bits per heavy atom. The van der Waals surface area contributed by atoms with Crippen molar-refractivity contribution < 1.29 is 37.0 Å². The monoisotopic (exact) mass is 490 g/mol. The van der Waals surface area contributed by atoms with Crippen LogP contribution in [-0.4, -0.2) is 36.2 Å². The summed E-state index contributed by atoms with van der Waals surface area (Å²) in [5, 5.41) is 15.1. The van der Waals surface area contributed by atoms with Gasteiger partial charge in [-0.2, -0.15) is 13.2 Å². The molecule has 3 aromatic carbocycles. The van der Waals surface area contributed by atoms with Crippen LogP contribution in [0.5, 0.6) is 5.75 Å². The van der Waals surface area contributed by atoms with Crippen LogP contribution in [0.15, 0.2) is 66.7 Å². The number of rotatable bonds is 8. The lowest BCUT2D eigenvalue weighted by Crippen LogP contribution is -2.35. The van der Waals surface area contributed by atoms with E-state index in [9.17, 15) is 32.3 Å². The zero-order chi connectivity index (χ0) is 25.6. The van der Waals surface area contributed by atoms with Crippen LogP contribution in [0.2, 0.25) is 0 Å². The number of anilines is 1. The molecule has 6 nitrogen and oxygen atoms in total. The summed E-state index contributed by atoms with van der Waals surface area (Å²) in [4.78, 5) is 24.9. The maximum absolute atomic E-state index is 13.9. The largest absolute Gasteiger partial charge is 0.491 e. The summed E-state index contributed by atoms with van der Waals surface area (Å²) in [6, 6.07) is 14.1. The van der Waals surface area contributed by atoms with E-state index in [-0.39, 0.29) is 30.0 Å². The van der Waals surface area contributed by atoms with E-state index in [0.29, 0.717) is 11.3 Å². The number of alkyl halides is 3. The van der Waals surface area contributed by atoms with Gasteiger partial charge in [-0.3, -0.25) is 9.59 Å². The number of aryl methyl sites for hydroxylation is 1. The molecule has 3 N–H and O–H groups in total. The fourth-order valence-corrected chi connectivity index (χ4v) is 3.04. The van der Waals surface area contributed by atoms with Gasteiger partial charge in [-0.15, -0.1) is 0 Å². The van der Waals surface area contributed by atoms with Crippen molar-refractivity contribution in [1.29, 1.82) is 0 Å². The fourth-order valence-electron chi connectivity index (χ4n) is 3.04. The summed E-state index contributed by atoms with van der Waals surface area (Å²) in [7, 11) is 0. The van der Waals surface area contributed by atoms with Crippen LogP contribution in [-0.2, 0) is 6.18 Å². The van der Waals surface area contributed by atoms with E-state index in [1.54, 1.807) is 13.0 Å². The summed E-state index contributed by atoms with van der Waals surface area (Å²) >= 11 is 0. The molecule has 0 spiro atoms. The van der Waals surface area contributed by atoms with Gasteiger partial charge in [0.25, 0.3) is 11.8 Å². The van der Waals surface area contributed by atoms with Crippen molar-refractivity contribution in [2.45, 2.75) is 19.2 Å². The van der Waals surface area contributed by atoms with E-state index in [4.69, 9.17) is 4.74 Å². The average molecular weight is 490 g/mol. The Bertz CT molecular complexity index is 1200. The third-order valence-electron chi connectivity index (χ3n) is 4.99. The van der Waals surface area contributed by atoms with Crippen LogP contribution in [0.25, 0.3) is 0 Å². The minimum atomic E-state index is -4.46. The number of hydrogen-bond donors (Lipinski definition) is 3. The maximum atomic E-state index is 13.9. The summed E-state index contributed by atoms with van der Waals surface area (Å²) in [5.74, 6) is -1.75. The number of hydrogen-bond acceptors (Lipinski definition) is 4. The fraction of sp³-hybridized carbons (Fsp3) is 0.200. The third-order valence-corrected chi connectivity index (χ3v) is 4.99. The van der Waals surface area contributed by atoms with Gasteiger partial charge in [-0.1, -0.05) is 18.2 Å². The highest BCUT2D eigenvalue weighted by Crippen LogP contribution is 2.30. The molecule has 184 valence electrons. The van der Waals surface area contributed by atoms with E-state index in [2.05, 4.69) is 10.6 Å². The normalized spacial score (nSPS) is 12.1. The molecule has 0 aliphatic rings. The first kappa shape index (κ1) is 25.7. The van der Waals surface area contributed by atoms with Gasteiger partial charge in [0.2, 0.25) is 0 Å². The molecular formula is C25H22F4N2O4. The Kier molecular flexibility index (Phi) is 8.08. The number of carbonyl (C=O) groups excluding carboxylic acids is 2.